The molecule has 0 bridgehead atoms. The second kappa shape index (κ2) is 7.41. The minimum Gasteiger partial charge on any atom is -0.352 e. The first-order valence-electron chi connectivity index (χ1n) is 7.36. The van der Waals surface area contributed by atoms with Crippen molar-refractivity contribution in [2.75, 3.05) is 6.54 Å². The SMILES string of the molecule is O=C(NCCc1ccc(-n2cccn2)cc1)c1ccccc1I. The summed E-state index contributed by atoms with van der Waals surface area (Å²) in [4.78, 5) is 12.1. The normalized spacial score (nSPS) is 10.5. The first kappa shape index (κ1) is 15.7. The van der Waals surface area contributed by atoms with Gasteiger partial charge in [0, 0.05) is 22.5 Å². The van der Waals surface area contributed by atoms with Gasteiger partial charge in [0.1, 0.15) is 0 Å². The van der Waals surface area contributed by atoms with E-state index in [1.165, 1.54) is 5.56 Å². The number of halogens is 1. The predicted octanol–water partition coefficient (Wildman–Crippen LogP) is 3.45. The van der Waals surface area contributed by atoms with Gasteiger partial charge in [0.05, 0.1) is 11.3 Å². The number of hydrogen-bond acceptors (Lipinski definition) is 2. The molecule has 0 aliphatic heterocycles. The van der Waals surface area contributed by atoms with Crippen molar-refractivity contribution in [1.29, 1.82) is 0 Å². The monoisotopic (exact) mass is 417 g/mol. The molecule has 3 aromatic rings. The van der Waals surface area contributed by atoms with Gasteiger partial charge in [-0.1, -0.05) is 24.3 Å². The van der Waals surface area contributed by atoms with Crippen LogP contribution in [0.3, 0.4) is 0 Å². The number of aromatic nitrogens is 2. The first-order chi connectivity index (χ1) is 11.2. The topological polar surface area (TPSA) is 46.9 Å². The van der Waals surface area contributed by atoms with Gasteiger partial charge in [-0.2, -0.15) is 5.10 Å². The summed E-state index contributed by atoms with van der Waals surface area (Å²) in [5.74, 6) is -0.0249. The zero-order chi connectivity index (χ0) is 16.1. The fourth-order valence-corrected chi connectivity index (χ4v) is 2.93. The second-order valence-corrected chi connectivity index (χ2v) is 6.27. The van der Waals surface area contributed by atoms with Crippen molar-refractivity contribution < 1.29 is 4.79 Å². The summed E-state index contributed by atoms with van der Waals surface area (Å²) in [5.41, 5.74) is 2.94. The largest absolute Gasteiger partial charge is 0.352 e. The Morgan fingerprint density at radius 3 is 2.57 bits per heavy atom. The molecule has 0 aliphatic carbocycles. The highest BCUT2D eigenvalue weighted by Crippen LogP contribution is 2.11. The van der Waals surface area contributed by atoms with Crippen LogP contribution >= 0.6 is 22.6 Å². The Bertz CT molecular complexity index is 782. The number of hydrogen-bond donors (Lipinski definition) is 1. The summed E-state index contributed by atoms with van der Waals surface area (Å²) in [6, 6.07) is 17.7. The van der Waals surface area contributed by atoms with Gasteiger partial charge in [-0.05, 0) is 64.9 Å². The molecule has 116 valence electrons. The van der Waals surface area contributed by atoms with Crippen LogP contribution in [0.15, 0.2) is 67.0 Å². The lowest BCUT2D eigenvalue weighted by atomic mass is 10.1. The highest BCUT2D eigenvalue weighted by molar-refractivity contribution is 14.1. The Morgan fingerprint density at radius 2 is 1.87 bits per heavy atom. The summed E-state index contributed by atoms with van der Waals surface area (Å²) in [5, 5.41) is 7.17. The van der Waals surface area contributed by atoms with Crippen molar-refractivity contribution in [2.45, 2.75) is 6.42 Å². The number of carbonyl (C=O) groups is 1. The smallest absolute Gasteiger partial charge is 0.252 e. The van der Waals surface area contributed by atoms with Crippen molar-refractivity contribution in [3.05, 3.63) is 81.7 Å². The zero-order valence-electron chi connectivity index (χ0n) is 12.4. The van der Waals surface area contributed by atoms with Gasteiger partial charge in [0.15, 0.2) is 0 Å². The van der Waals surface area contributed by atoms with Crippen molar-refractivity contribution in [3.63, 3.8) is 0 Å². The molecule has 1 amide bonds. The van der Waals surface area contributed by atoms with Crippen molar-refractivity contribution >= 4 is 28.5 Å². The lowest BCUT2D eigenvalue weighted by Crippen LogP contribution is -2.26. The molecule has 0 aliphatic rings. The second-order valence-electron chi connectivity index (χ2n) is 5.10. The molecule has 0 saturated heterocycles. The van der Waals surface area contributed by atoms with E-state index in [0.29, 0.717) is 6.54 Å². The molecule has 0 atom stereocenters. The molecular weight excluding hydrogens is 401 g/mol. The molecule has 1 heterocycles. The number of nitrogens with zero attached hydrogens (tertiary/aromatic N) is 2. The van der Waals surface area contributed by atoms with Crippen LogP contribution in [-0.4, -0.2) is 22.2 Å². The minimum absolute atomic E-state index is 0.0249. The maximum Gasteiger partial charge on any atom is 0.252 e. The molecule has 0 unspecified atom stereocenters. The van der Waals surface area contributed by atoms with E-state index < -0.39 is 0 Å². The van der Waals surface area contributed by atoms with Crippen LogP contribution in [0.25, 0.3) is 5.69 Å². The maximum absolute atomic E-state index is 12.1. The van der Waals surface area contributed by atoms with Gasteiger partial charge in [-0.15, -0.1) is 0 Å². The maximum atomic E-state index is 12.1. The van der Waals surface area contributed by atoms with E-state index in [0.717, 1.165) is 21.2 Å². The third-order valence-electron chi connectivity index (χ3n) is 3.52. The lowest BCUT2D eigenvalue weighted by molar-refractivity contribution is 0.0953. The Hall–Kier alpha value is -2.15. The van der Waals surface area contributed by atoms with E-state index in [4.69, 9.17) is 0 Å². The average molecular weight is 417 g/mol. The van der Waals surface area contributed by atoms with Crippen LogP contribution < -0.4 is 5.32 Å². The standard InChI is InChI=1S/C18H16IN3O/c19-17-5-2-1-4-16(17)18(23)20-12-10-14-6-8-15(9-7-14)22-13-3-11-21-22/h1-9,11,13H,10,12H2,(H,20,23). The number of rotatable bonds is 5. The summed E-state index contributed by atoms with van der Waals surface area (Å²) >= 11 is 2.18. The predicted molar refractivity (Wildman–Crippen MR) is 98.8 cm³/mol. The lowest BCUT2D eigenvalue weighted by Gasteiger charge is -2.08. The quantitative estimate of drug-likeness (QED) is 0.647. The molecular formula is C18H16IN3O. The molecule has 0 saturated carbocycles. The third-order valence-corrected chi connectivity index (χ3v) is 4.46. The summed E-state index contributed by atoms with van der Waals surface area (Å²) < 4.78 is 2.79. The van der Waals surface area contributed by atoms with Gasteiger partial charge in [0.2, 0.25) is 0 Å². The van der Waals surface area contributed by atoms with Gasteiger partial charge in [-0.25, -0.2) is 4.68 Å². The Labute approximate surface area is 148 Å². The summed E-state index contributed by atoms with van der Waals surface area (Å²) in [7, 11) is 0. The fraction of sp³-hybridized carbons (Fsp3) is 0.111. The number of benzene rings is 2. The molecule has 3 rings (SSSR count). The van der Waals surface area contributed by atoms with E-state index in [-0.39, 0.29) is 5.91 Å². The van der Waals surface area contributed by atoms with Crippen LogP contribution in [-0.2, 0) is 6.42 Å². The highest BCUT2D eigenvalue weighted by atomic mass is 127. The van der Waals surface area contributed by atoms with Crippen LogP contribution in [0, 0.1) is 3.57 Å². The average Bonchev–Trinajstić information content (AvgIpc) is 3.10. The Balaban J connectivity index is 1.55. The Kier molecular flexibility index (Phi) is 5.07. The van der Waals surface area contributed by atoms with Gasteiger partial charge < -0.3 is 5.32 Å². The minimum atomic E-state index is -0.0249. The van der Waals surface area contributed by atoms with E-state index in [9.17, 15) is 4.79 Å². The fourth-order valence-electron chi connectivity index (χ4n) is 2.30. The molecule has 0 radical (unpaired) electrons. The van der Waals surface area contributed by atoms with Gasteiger partial charge >= 0.3 is 0 Å². The summed E-state index contributed by atoms with van der Waals surface area (Å²) in [6.45, 7) is 0.616. The summed E-state index contributed by atoms with van der Waals surface area (Å²) in [6.07, 6.45) is 4.47. The van der Waals surface area contributed by atoms with Crippen molar-refractivity contribution in [1.82, 2.24) is 15.1 Å². The molecule has 4 nitrogen and oxygen atoms in total. The van der Waals surface area contributed by atoms with Gasteiger partial charge in [0.25, 0.3) is 5.91 Å². The number of nitrogens with one attached hydrogen (secondary N) is 1. The van der Waals surface area contributed by atoms with Crippen molar-refractivity contribution in [3.8, 4) is 5.69 Å². The number of amides is 1. The van der Waals surface area contributed by atoms with E-state index in [1.807, 2.05) is 53.3 Å². The third kappa shape index (κ3) is 3.98. The molecule has 1 N–H and O–H groups in total. The highest BCUT2D eigenvalue weighted by Gasteiger charge is 2.08. The molecule has 23 heavy (non-hydrogen) atoms. The van der Waals surface area contributed by atoms with E-state index >= 15 is 0 Å². The van der Waals surface area contributed by atoms with Gasteiger partial charge in [-0.3, -0.25) is 4.79 Å². The molecule has 1 aromatic heterocycles. The van der Waals surface area contributed by atoms with Crippen LogP contribution in [0.4, 0.5) is 0 Å². The first-order valence-corrected chi connectivity index (χ1v) is 8.43. The Morgan fingerprint density at radius 1 is 1.09 bits per heavy atom. The van der Waals surface area contributed by atoms with E-state index in [1.54, 1.807) is 6.20 Å². The zero-order valence-corrected chi connectivity index (χ0v) is 14.6. The van der Waals surface area contributed by atoms with Crippen LogP contribution in [0.1, 0.15) is 15.9 Å². The molecule has 0 spiro atoms. The molecule has 5 heteroatoms. The number of carbonyl (C=O) groups excluding carboxylic acids is 1. The molecule has 2 aromatic carbocycles. The van der Waals surface area contributed by atoms with Crippen LogP contribution in [0.2, 0.25) is 0 Å². The van der Waals surface area contributed by atoms with Crippen LogP contribution in [0.5, 0.6) is 0 Å². The molecule has 0 fully saturated rings. The van der Waals surface area contributed by atoms with Crippen molar-refractivity contribution in [2.24, 2.45) is 0 Å². The van der Waals surface area contributed by atoms with E-state index in [2.05, 4.69) is 45.1 Å².